The molecule has 1 aliphatic heterocycles. The summed E-state index contributed by atoms with van der Waals surface area (Å²) in [7, 11) is 0. The predicted molar refractivity (Wildman–Crippen MR) is 235 cm³/mol. The number of benzene rings is 4. The molecule has 0 spiro atoms. The maximum absolute atomic E-state index is 11.8. The van der Waals surface area contributed by atoms with Gasteiger partial charge < -0.3 is 34.6 Å². The van der Waals surface area contributed by atoms with Crippen LogP contribution in [0.25, 0.3) is 0 Å². The summed E-state index contributed by atoms with van der Waals surface area (Å²) in [5, 5.41) is 27.3. The average molecular weight is 831 g/mol. The van der Waals surface area contributed by atoms with Crippen molar-refractivity contribution in [3.05, 3.63) is 138 Å². The molecular formula is C49H54N2O8S. The number of unbranched alkanes of at least 4 members (excludes halogenated alkanes) is 2. The topological polar surface area (TPSA) is 136 Å². The van der Waals surface area contributed by atoms with Gasteiger partial charge in [0, 0.05) is 54.2 Å². The Morgan fingerprint density at radius 2 is 1.72 bits per heavy atom. The van der Waals surface area contributed by atoms with Crippen LogP contribution >= 0.6 is 11.8 Å². The van der Waals surface area contributed by atoms with E-state index in [4.69, 9.17) is 24.2 Å². The van der Waals surface area contributed by atoms with Crippen LogP contribution in [-0.2, 0) is 21.0 Å². The molecule has 1 fully saturated rings. The van der Waals surface area contributed by atoms with Gasteiger partial charge in [0.05, 0.1) is 23.5 Å². The van der Waals surface area contributed by atoms with Crippen molar-refractivity contribution < 1.29 is 38.9 Å². The summed E-state index contributed by atoms with van der Waals surface area (Å²) in [6, 6.07) is 30.8. The van der Waals surface area contributed by atoms with Crippen LogP contribution in [0.15, 0.2) is 131 Å². The fourth-order valence-electron chi connectivity index (χ4n) is 9.02. The maximum Gasteiger partial charge on any atom is 0.231 e. The molecule has 0 aromatic heterocycles. The Hall–Kier alpha value is -5.20. The number of aliphatic hydroxyl groups is 2. The van der Waals surface area contributed by atoms with E-state index in [1.807, 2.05) is 72.8 Å². The number of amides is 1. The van der Waals surface area contributed by atoms with E-state index in [1.54, 1.807) is 36.0 Å². The van der Waals surface area contributed by atoms with Crippen molar-refractivity contribution in [2.24, 2.45) is 22.9 Å². The van der Waals surface area contributed by atoms with Crippen molar-refractivity contribution in [1.82, 2.24) is 0 Å². The van der Waals surface area contributed by atoms with Crippen molar-refractivity contribution in [2.45, 2.75) is 80.3 Å². The highest BCUT2D eigenvalue weighted by atomic mass is 32.2. The first-order valence-electron chi connectivity index (χ1n) is 20.9. The summed E-state index contributed by atoms with van der Waals surface area (Å²) >= 11 is 1.65. The lowest BCUT2D eigenvalue weighted by atomic mass is 9.56. The minimum absolute atomic E-state index is 0.107. The van der Waals surface area contributed by atoms with Crippen LogP contribution in [0.5, 0.6) is 17.2 Å². The number of aliphatic hydroxyl groups excluding tert-OH is 2. The van der Waals surface area contributed by atoms with E-state index in [0.29, 0.717) is 54.4 Å². The lowest BCUT2D eigenvalue weighted by Gasteiger charge is -2.58. The number of hydrogen-bond acceptors (Lipinski definition) is 10. The molecule has 1 heterocycles. The van der Waals surface area contributed by atoms with Gasteiger partial charge >= 0.3 is 0 Å². The molecule has 1 amide bonds. The number of thioether (sulfide) groups is 1. The molecular weight excluding hydrogens is 777 g/mol. The van der Waals surface area contributed by atoms with Crippen LogP contribution in [-0.4, -0.2) is 59.0 Å². The molecule has 3 aliphatic rings. The third-order valence-electron chi connectivity index (χ3n) is 11.6. The van der Waals surface area contributed by atoms with Crippen molar-refractivity contribution in [3.8, 4) is 17.2 Å². The lowest BCUT2D eigenvalue weighted by molar-refractivity contribution is -0.223. The third-order valence-corrected chi connectivity index (χ3v) is 12.9. The highest BCUT2D eigenvalue weighted by Crippen LogP contribution is 2.63. The van der Waals surface area contributed by atoms with E-state index >= 15 is 0 Å². The summed E-state index contributed by atoms with van der Waals surface area (Å²) in [6.07, 6.45) is 10.2. The quantitative estimate of drug-likeness (QED) is 0.0344. The zero-order chi connectivity index (χ0) is 41.9. The Morgan fingerprint density at radius 1 is 0.950 bits per heavy atom. The molecule has 314 valence electrons. The van der Waals surface area contributed by atoms with Gasteiger partial charge in [-0.1, -0.05) is 72.6 Å². The minimum Gasteiger partial charge on any atom is -0.460 e. The first-order chi connectivity index (χ1) is 29.3. The molecule has 10 nitrogen and oxygen atoms in total. The third kappa shape index (κ3) is 9.87. The molecule has 7 rings (SSSR count). The van der Waals surface area contributed by atoms with Crippen molar-refractivity contribution >= 4 is 35.4 Å². The molecule has 4 aromatic rings. The maximum atomic E-state index is 11.8. The van der Waals surface area contributed by atoms with Gasteiger partial charge in [-0.15, -0.1) is 18.3 Å². The standard InChI is InChI=1S/C49H54N2O8S/c1-3-26-56-49-46(60-40-21-18-37(19-22-40)50-33(2)55)30-44(51-57-32-34-12-5-4-6-13-34)42-28-36(15-7-9-24-52)41(17-8-10-25-53)47(48(42)49)43-29-39(20-23-45(43)59-49)58-38-16-11-14-35(27-38)31-54/h3-6,11-14,16,18-23,27-29,31,36,41,46-48,52-53H,1,7-10,15,17,24-26,30,32H2,2H3,(H,50,55)/t36-,41+,46-,47+,48+,49+/m0/s1. The van der Waals surface area contributed by atoms with Crippen molar-refractivity contribution in [2.75, 3.05) is 25.1 Å². The molecule has 0 unspecified atom stereocenters. The number of rotatable bonds is 20. The van der Waals surface area contributed by atoms with Crippen LogP contribution < -0.4 is 14.8 Å². The van der Waals surface area contributed by atoms with Gasteiger partial charge in [-0.3, -0.25) is 9.59 Å². The van der Waals surface area contributed by atoms with E-state index in [2.05, 4.69) is 24.0 Å². The minimum atomic E-state index is -1.18. The van der Waals surface area contributed by atoms with Gasteiger partial charge in [-0.25, -0.2) is 0 Å². The molecule has 2 aliphatic carbocycles. The Labute approximate surface area is 356 Å². The van der Waals surface area contributed by atoms with Crippen LogP contribution in [0.2, 0.25) is 0 Å². The molecule has 1 saturated carbocycles. The summed E-state index contributed by atoms with van der Waals surface area (Å²) < 4.78 is 20.8. The molecule has 11 heteroatoms. The number of fused-ring (bicyclic) bond motifs is 2. The van der Waals surface area contributed by atoms with Gasteiger partial charge in [0.1, 0.15) is 30.1 Å². The number of aldehydes is 1. The highest BCUT2D eigenvalue weighted by Gasteiger charge is 2.64. The largest absolute Gasteiger partial charge is 0.460 e. The predicted octanol–water partition coefficient (Wildman–Crippen LogP) is 9.88. The average Bonchev–Trinajstić information content (AvgIpc) is 3.26. The number of carbonyl (C=O) groups excluding carboxylic acids is 2. The number of hydrogen-bond donors (Lipinski definition) is 3. The summed E-state index contributed by atoms with van der Waals surface area (Å²) in [6.45, 7) is 6.31. The number of anilines is 1. The second-order valence-electron chi connectivity index (χ2n) is 15.6. The monoisotopic (exact) mass is 830 g/mol. The summed E-state index contributed by atoms with van der Waals surface area (Å²) in [4.78, 5) is 30.6. The highest BCUT2D eigenvalue weighted by molar-refractivity contribution is 8.00. The molecule has 6 atom stereocenters. The molecule has 0 saturated heterocycles. The molecule has 3 N–H and O–H groups in total. The summed E-state index contributed by atoms with van der Waals surface area (Å²) in [5.41, 5.74) is 5.08. The molecule has 4 aromatic carbocycles. The smallest absolute Gasteiger partial charge is 0.231 e. The van der Waals surface area contributed by atoms with Crippen LogP contribution in [0.3, 0.4) is 0 Å². The van der Waals surface area contributed by atoms with Crippen molar-refractivity contribution in [3.63, 3.8) is 0 Å². The van der Waals surface area contributed by atoms with Gasteiger partial charge in [0.25, 0.3) is 0 Å². The first kappa shape index (κ1) is 42.9. The van der Waals surface area contributed by atoms with Crippen LogP contribution in [0, 0.1) is 17.8 Å². The Bertz CT molecular complexity index is 2160. The fraction of sp³-hybridized carbons (Fsp3) is 0.367. The number of nitrogens with one attached hydrogen (secondary N) is 1. The second kappa shape index (κ2) is 20.4. The van der Waals surface area contributed by atoms with Gasteiger partial charge in [-0.05, 0) is 103 Å². The SMILES string of the molecule is C=CCO[C@@]12Oc3ccc(Oc4cccc(C=O)c4)cc3[C@H]3[C@H](CCCCO)[C@@H](CCCCO)C=C(C(=NOCc4ccccc4)C[C@@H]1Sc1ccc(NC(C)=O)cc1)[C@H]32. The number of nitrogens with zero attached hydrogens (tertiary/aromatic N) is 1. The lowest BCUT2D eigenvalue weighted by Crippen LogP contribution is -2.64. The van der Waals surface area contributed by atoms with Gasteiger partial charge in [-0.2, -0.15) is 0 Å². The number of allylic oxidation sites excluding steroid dienone is 1. The normalized spacial score (nSPS) is 23.4. The van der Waals surface area contributed by atoms with Gasteiger partial charge in [0.15, 0.2) is 0 Å². The molecule has 0 radical (unpaired) electrons. The van der Waals surface area contributed by atoms with Gasteiger partial charge in [0.2, 0.25) is 11.7 Å². The Balaban J connectivity index is 1.39. The van der Waals surface area contributed by atoms with E-state index in [9.17, 15) is 19.8 Å². The first-order valence-corrected chi connectivity index (χ1v) is 21.8. The van der Waals surface area contributed by atoms with E-state index in [1.165, 1.54) is 6.92 Å². The molecule has 0 bridgehead atoms. The Morgan fingerprint density at radius 3 is 2.45 bits per heavy atom. The number of carbonyl (C=O) groups is 2. The van der Waals surface area contributed by atoms with E-state index in [-0.39, 0.29) is 54.6 Å². The summed E-state index contributed by atoms with van der Waals surface area (Å²) in [5.74, 6) is 0.304. The molecule has 60 heavy (non-hydrogen) atoms. The van der Waals surface area contributed by atoms with E-state index < -0.39 is 5.79 Å². The number of oxime groups is 1. The second-order valence-corrected chi connectivity index (χ2v) is 16.9. The zero-order valence-corrected chi connectivity index (χ0v) is 34.9. The van der Waals surface area contributed by atoms with E-state index in [0.717, 1.165) is 59.3 Å². The van der Waals surface area contributed by atoms with Crippen LogP contribution in [0.4, 0.5) is 5.69 Å². The zero-order valence-electron chi connectivity index (χ0n) is 34.0. The Kier molecular flexibility index (Phi) is 14.6. The van der Waals surface area contributed by atoms with Crippen LogP contribution in [0.1, 0.15) is 79.3 Å². The van der Waals surface area contributed by atoms with Crippen molar-refractivity contribution in [1.29, 1.82) is 0 Å². The number of ether oxygens (including phenoxy) is 3. The fourth-order valence-corrected chi connectivity index (χ4v) is 10.3.